The molecule has 21 heavy (non-hydrogen) atoms. The number of rotatable bonds is 3. The zero-order valence-electron chi connectivity index (χ0n) is 11.0. The molecule has 0 saturated heterocycles. The number of carboxylic acids is 1. The van der Waals surface area contributed by atoms with Crippen molar-refractivity contribution in [2.75, 3.05) is 0 Å². The number of carboxylic acid groups (broad SMARTS) is 1. The summed E-state index contributed by atoms with van der Waals surface area (Å²) in [4.78, 5) is 22.8. The van der Waals surface area contributed by atoms with E-state index in [2.05, 4.69) is 5.32 Å². The topological polar surface area (TPSA) is 66.4 Å². The molecule has 2 N–H and O–H groups in total. The van der Waals surface area contributed by atoms with Gasteiger partial charge in [0.2, 0.25) is 0 Å². The highest BCUT2D eigenvalue weighted by molar-refractivity contribution is 5.94. The number of carbonyl (C=O) groups is 2. The number of carbonyl (C=O) groups excluding carboxylic acids is 1. The monoisotopic (exact) mass is 301 g/mol. The average molecular weight is 301 g/mol. The molecule has 1 aromatic rings. The van der Waals surface area contributed by atoms with Crippen LogP contribution in [0.4, 0.5) is 13.2 Å². The van der Waals surface area contributed by atoms with Gasteiger partial charge in [0.25, 0.3) is 5.91 Å². The maximum atomic E-state index is 13.5. The first-order valence-electron chi connectivity index (χ1n) is 6.57. The summed E-state index contributed by atoms with van der Waals surface area (Å²) in [6.07, 6.45) is 1.97. The predicted octanol–water partition coefficient (Wildman–Crippen LogP) is 2.48. The van der Waals surface area contributed by atoms with E-state index in [-0.39, 0.29) is 6.42 Å². The first-order valence-corrected chi connectivity index (χ1v) is 6.57. The lowest BCUT2D eigenvalue weighted by molar-refractivity contribution is -0.143. The Balaban J connectivity index is 2.08. The highest BCUT2D eigenvalue weighted by Crippen LogP contribution is 2.25. The average Bonchev–Trinajstić information content (AvgIpc) is 2.45. The van der Waals surface area contributed by atoms with Crippen molar-refractivity contribution in [3.8, 4) is 0 Å². The Hall–Kier alpha value is -2.05. The van der Waals surface area contributed by atoms with Gasteiger partial charge in [0.1, 0.15) is 0 Å². The second-order valence-corrected chi connectivity index (χ2v) is 5.10. The Labute approximate surface area is 119 Å². The third-order valence-electron chi connectivity index (χ3n) is 3.64. The summed E-state index contributed by atoms with van der Waals surface area (Å²) in [5, 5.41) is 11.4. The van der Waals surface area contributed by atoms with Gasteiger partial charge in [-0.25, -0.2) is 13.2 Å². The van der Waals surface area contributed by atoms with Gasteiger partial charge >= 0.3 is 5.97 Å². The Morgan fingerprint density at radius 2 is 1.86 bits per heavy atom. The zero-order chi connectivity index (χ0) is 15.6. The van der Waals surface area contributed by atoms with Crippen LogP contribution in [0, 0.1) is 23.4 Å². The van der Waals surface area contributed by atoms with Crippen LogP contribution < -0.4 is 5.32 Å². The fourth-order valence-corrected chi connectivity index (χ4v) is 2.51. The summed E-state index contributed by atoms with van der Waals surface area (Å²) in [6, 6.07) is 1.12. The van der Waals surface area contributed by atoms with Crippen molar-refractivity contribution in [1.82, 2.24) is 5.32 Å². The molecule has 1 aliphatic rings. The molecule has 0 heterocycles. The molecule has 0 spiro atoms. The maximum absolute atomic E-state index is 13.5. The number of aliphatic carboxylic acids is 1. The van der Waals surface area contributed by atoms with Gasteiger partial charge in [-0.3, -0.25) is 9.59 Å². The van der Waals surface area contributed by atoms with E-state index in [4.69, 9.17) is 5.11 Å². The Morgan fingerprint density at radius 1 is 1.14 bits per heavy atom. The van der Waals surface area contributed by atoms with Crippen molar-refractivity contribution in [2.45, 2.75) is 31.7 Å². The minimum absolute atomic E-state index is 0.242. The minimum Gasteiger partial charge on any atom is -0.481 e. The van der Waals surface area contributed by atoms with Crippen molar-refractivity contribution < 1.29 is 27.9 Å². The summed E-state index contributed by atoms with van der Waals surface area (Å²) in [5.41, 5.74) is -0.591. The molecular formula is C14H14F3NO3. The standard InChI is InChI=1S/C14H14F3NO3/c15-10-5-4-9(11(16)12(10)17)13(19)18-8-3-1-2-7(6-8)14(20)21/h4-5,7-8H,1-3,6H2,(H,18,19)(H,20,21). The van der Waals surface area contributed by atoms with Crippen molar-refractivity contribution in [3.05, 3.63) is 35.1 Å². The number of nitrogens with one attached hydrogen (secondary N) is 1. The van der Waals surface area contributed by atoms with Crippen molar-refractivity contribution in [1.29, 1.82) is 0 Å². The van der Waals surface area contributed by atoms with Crippen LogP contribution in [0.1, 0.15) is 36.0 Å². The van der Waals surface area contributed by atoms with Gasteiger partial charge in [0, 0.05) is 6.04 Å². The zero-order valence-corrected chi connectivity index (χ0v) is 11.0. The molecule has 2 rings (SSSR count). The smallest absolute Gasteiger partial charge is 0.306 e. The van der Waals surface area contributed by atoms with E-state index in [0.717, 1.165) is 6.07 Å². The number of hydrogen-bond donors (Lipinski definition) is 2. The predicted molar refractivity (Wildman–Crippen MR) is 67.2 cm³/mol. The normalized spacial score (nSPS) is 21.9. The lowest BCUT2D eigenvalue weighted by Gasteiger charge is -2.27. The molecule has 0 aliphatic heterocycles. The van der Waals surface area contributed by atoms with Crippen molar-refractivity contribution >= 4 is 11.9 Å². The van der Waals surface area contributed by atoms with Crippen LogP contribution in [0.2, 0.25) is 0 Å². The van der Waals surface area contributed by atoms with Crippen LogP contribution in [0.3, 0.4) is 0 Å². The molecule has 2 unspecified atom stereocenters. The van der Waals surface area contributed by atoms with Crippen molar-refractivity contribution in [3.63, 3.8) is 0 Å². The molecule has 7 heteroatoms. The Bertz CT molecular complexity index is 577. The van der Waals surface area contributed by atoms with E-state index < -0.39 is 46.9 Å². The molecule has 1 saturated carbocycles. The van der Waals surface area contributed by atoms with E-state index in [1.54, 1.807) is 0 Å². The summed E-state index contributed by atoms with van der Waals surface area (Å²) in [5.74, 6) is -6.98. The maximum Gasteiger partial charge on any atom is 0.306 e. The van der Waals surface area contributed by atoms with Crippen LogP contribution >= 0.6 is 0 Å². The number of benzene rings is 1. The van der Waals surface area contributed by atoms with Gasteiger partial charge in [0.05, 0.1) is 11.5 Å². The van der Waals surface area contributed by atoms with Crippen LogP contribution in [0.15, 0.2) is 12.1 Å². The SMILES string of the molecule is O=C(NC1CCCC(C(=O)O)C1)c1ccc(F)c(F)c1F. The third kappa shape index (κ3) is 3.34. The first kappa shape index (κ1) is 15.3. The number of amides is 1. The van der Waals surface area contributed by atoms with Crippen LogP contribution in [-0.4, -0.2) is 23.0 Å². The van der Waals surface area contributed by atoms with Gasteiger partial charge in [-0.1, -0.05) is 6.42 Å². The van der Waals surface area contributed by atoms with Gasteiger partial charge in [-0.15, -0.1) is 0 Å². The lowest BCUT2D eigenvalue weighted by Crippen LogP contribution is -2.40. The second kappa shape index (κ2) is 6.15. The summed E-state index contributed by atoms with van der Waals surface area (Å²) >= 11 is 0. The molecule has 0 bridgehead atoms. The molecule has 114 valence electrons. The fraction of sp³-hybridized carbons (Fsp3) is 0.429. The fourth-order valence-electron chi connectivity index (χ4n) is 2.51. The molecule has 2 atom stereocenters. The molecule has 4 nitrogen and oxygen atoms in total. The highest BCUT2D eigenvalue weighted by Gasteiger charge is 2.29. The van der Waals surface area contributed by atoms with E-state index in [9.17, 15) is 22.8 Å². The summed E-state index contributed by atoms with van der Waals surface area (Å²) in [6.45, 7) is 0. The van der Waals surface area contributed by atoms with E-state index in [0.29, 0.717) is 25.3 Å². The van der Waals surface area contributed by atoms with Crippen LogP contribution in [0.5, 0.6) is 0 Å². The number of hydrogen-bond acceptors (Lipinski definition) is 2. The third-order valence-corrected chi connectivity index (χ3v) is 3.64. The first-order chi connectivity index (χ1) is 9.90. The Kier molecular flexibility index (Phi) is 4.50. The Morgan fingerprint density at radius 3 is 2.52 bits per heavy atom. The molecule has 1 fully saturated rings. The largest absolute Gasteiger partial charge is 0.481 e. The molecule has 0 aromatic heterocycles. The van der Waals surface area contributed by atoms with Crippen molar-refractivity contribution in [2.24, 2.45) is 5.92 Å². The minimum atomic E-state index is -1.70. The number of halogens is 3. The van der Waals surface area contributed by atoms with Crippen LogP contribution in [0.25, 0.3) is 0 Å². The van der Waals surface area contributed by atoms with E-state index in [1.165, 1.54) is 0 Å². The molecule has 1 amide bonds. The highest BCUT2D eigenvalue weighted by atomic mass is 19.2. The summed E-state index contributed by atoms with van der Waals surface area (Å²) in [7, 11) is 0. The van der Waals surface area contributed by atoms with Gasteiger partial charge in [-0.2, -0.15) is 0 Å². The molecular weight excluding hydrogens is 287 g/mol. The van der Waals surface area contributed by atoms with Crippen LogP contribution in [-0.2, 0) is 4.79 Å². The lowest BCUT2D eigenvalue weighted by atomic mass is 9.85. The molecule has 0 radical (unpaired) electrons. The van der Waals surface area contributed by atoms with Gasteiger partial charge in [0.15, 0.2) is 17.5 Å². The van der Waals surface area contributed by atoms with E-state index in [1.807, 2.05) is 0 Å². The second-order valence-electron chi connectivity index (χ2n) is 5.10. The quantitative estimate of drug-likeness (QED) is 0.843. The molecule has 1 aromatic carbocycles. The van der Waals surface area contributed by atoms with Gasteiger partial charge < -0.3 is 10.4 Å². The van der Waals surface area contributed by atoms with Gasteiger partial charge in [-0.05, 0) is 31.4 Å². The van der Waals surface area contributed by atoms with E-state index >= 15 is 0 Å². The molecule has 1 aliphatic carbocycles. The summed E-state index contributed by atoms with van der Waals surface area (Å²) < 4.78 is 39.4.